The lowest BCUT2D eigenvalue weighted by molar-refractivity contribution is 0.881. The Morgan fingerprint density at radius 3 is 1.20 bits per heavy atom. The Bertz CT molecular complexity index is 4070. The van der Waals surface area contributed by atoms with Crippen molar-refractivity contribution in [2.45, 2.75) is 12.8 Å². The Balaban J connectivity index is 1.21. The van der Waals surface area contributed by atoms with Crippen LogP contribution >= 0.6 is 0 Å². The van der Waals surface area contributed by atoms with Crippen LogP contribution in [-0.4, -0.2) is 28.7 Å². The standard InChI is InChI=1S/C60H35N9/c61-31-46-58(67-52-25-13-10-22-40(52)43-28-49(64-34-55(43)67)37-16-4-1-5-17-37)47(32-62)60(69-54-27-15-12-24-42(54)45-30-51(66-36-57(45)69)39-20-8-3-9-21-39)48(33-63)59(46)68-53-26-14-11-23-41(53)44-29-50(65-35-56(44)68)38-18-6-2-7-19-38/h1-14,16-26,28-30,34-36H,15,27H2. The quantitative estimate of drug-likeness (QED) is 0.164. The fourth-order valence-electron chi connectivity index (χ4n) is 10.6. The molecule has 0 unspecified atom stereocenters. The van der Waals surface area contributed by atoms with Crippen molar-refractivity contribution in [1.82, 2.24) is 28.7 Å². The molecule has 0 spiro atoms. The summed E-state index contributed by atoms with van der Waals surface area (Å²) in [6.45, 7) is 0. The topological polar surface area (TPSA) is 125 Å². The second-order valence-corrected chi connectivity index (χ2v) is 17.2. The van der Waals surface area contributed by atoms with E-state index in [0.717, 1.165) is 94.9 Å². The maximum Gasteiger partial charge on any atom is 0.104 e. The van der Waals surface area contributed by atoms with E-state index in [-0.39, 0.29) is 16.7 Å². The molecule has 0 atom stereocenters. The van der Waals surface area contributed by atoms with E-state index in [1.165, 1.54) is 0 Å². The lowest BCUT2D eigenvalue weighted by Gasteiger charge is -2.24. The van der Waals surface area contributed by atoms with Gasteiger partial charge in [0.05, 0.1) is 80.3 Å². The van der Waals surface area contributed by atoms with Crippen molar-refractivity contribution >= 4 is 60.6 Å². The molecule has 6 aromatic carbocycles. The van der Waals surface area contributed by atoms with E-state index in [4.69, 9.17) is 15.0 Å². The minimum absolute atomic E-state index is 0.158. The molecule has 9 nitrogen and oxygen atoms in total. The summed E-state index contributed by atoms with van der Waals surface area (Å²) in [7, 11) is 0. The zero-order valence-electron chi connectivity index (χ0n) is 36.8. The molecule has 0 saturated carbocycles. The maximum absolute atomic E-state index is 11.9. The summed E-state index contributed by atoms with van der Waals surface area (Å²) in [6, 6.07) is 60.3. The number of hydrogen-bond acceptors (Lipinski definition) is 6. The van der Waals surface area contributed by atoms with Crippen LogP contribution < -0.4 is 0 Å². The van der Waals surface area contributed by atoms with Crippen LogP contribution in [0, 0.1) is 34.0 Å². The first-order valence-corrected chi connectivity index (χ1v) is 22.7. The van der Waals surface area contributed by atoms with Gasteiger partial charge in [0.2, 0.25) is 0 Å². The molecule has 0 radical (unpaired) electrons. The molecule has 6 heterocycles. The predicted molar refractivity (Wildman–Crippen MR) is 273 cm³/mol. The predicted octanol–water partition coefficient (Wildman–Crippen LogP) is 13.6. The van der Waals surface area contributed by atoms with Gasteiger partial charge in [-0.15, -0.1) is 0 Å². The molecular weight excluding hydrogens is 847 g/mol. The van der Waals surface area contributed by atoms with Gasteiger partial charge in [0.25, 0.3) is 0 Å². The fourth-order valence-corrected chi connectivity index (χ4v) is 10.6. The molecule has 0 bridgehead atoms. The molecule has 1 aliphatic carbocycles. The summed E-state index contributed by atoms with van der Waals surface area (Å²) in [5, 5.41) is 40.3. The number of allylic oxidation sites excluding steroid dienone is 1. The van der Waals surface area contributed by atoms with Crippen molar-refractivity contribution in [3.63, 3.8) is 0 Å². The third-order valence-corrected chi connectivity index (χ3v) is 13.6. The number of pyridine rings is 3. The largest absolute Gasteiger partial charge is 0.309 e. The third-order valence-electron chi connectivity index (χ3n) is 13.6. The van der Waals surface area contributed by atoms with E-state index in [9.17, 15) is 15.8 Å². The van der Waals surface area contributed by atoms with Gasteiger partial charge in [-0.3, -0.25) is 15.0 Å². The number of fused-ring (bicyclic) bond motifs is 9. The van der Waals surface area contributed by atoms with Crippen LogP contribution in [0.2, 0.25) is 0 Å². The van der Waals surface area contributed by atoms with Crippen LogP contribution in [0.4, 0.5) is 0 Å². The molecule has 0 amide bonds. The highest BCUT2D eigenvalue weighted by Crippen LogP contribution is 2.46. The Morgan fingerprint density at radius 2 is 0.768 bits per heavy atom. The Hall–Kier alpha value is -9.88. The monoisotopic (exact) mass is 881 g/mol. The van der Waals surface area contributed by atoms with Gasteiger partial charge in [-0.25, -0.2) is 0 Å². The zero-order valence-corrected chi connectivity index (χ0v) is 36.8. The van der Waals surface area contributed by atoms with E-state index in [0.29, 0.717) is 34.5 Å². The third kappa shape index (κ3) is 5.90. The van der Waals surface area contributed by atoms with Gasteiger partial charge in [-0.05, 0) is 43.2 Å². The van der Waals surface area contributed by atoms with Gasteiger partial charge in [-0.2, -0.15) is 15.8 Å². The Morgan fingerprint density at radius 1 is 0.391 bits per heavy atom. The second kappa shape index (κ2) is 15.6. The summed E-state index contributed by atoms with van der Waals surface area (Å²) >= 11 is 0. The molecule has 1 aliphatic rings. The summed E-state index contributed by atoms with van der Waals surface area (Å²) in [6.07, 6.45) is 11.2. The van der Waals surface area contributed by atoms with Crippen LogP contribution in [0.1, 0.15) is 34.4 Å². The highest BCUT2D eigenvalue weighted by molar-refractivity contribution is 6.13. The first-order valence-electron chi connectivity index (χ1n) is 22.7. The van der Waals surface area contributed by atoms with Crippen molar-refractivity contribution in [1.29, 1.82) is 15.8 Å². The van der Waals surface area contributed by atoms with Crippen molar-refractivity contribution < 1.29 is 0 Å². The van der Waals surface area contributed by atoms with Crippen molar-refractivity contribution in [2.24, 2.45) is 0 Å². The molecule has 9 heteroatoms. The van der Waals surface area contributed by atoms with Crippen molar-refractivity contribution in [3.05, 3.63) is 210 Å². The number of nitriles is 3. The van der Waals surface area contributed by atoms with Gasteiger partial charge >= 0.3 is 0 Å². The van der Waals surface area contributed by atoms with E-state index < -0.39 is 0 Å². The average molecular weight is 882 g/mol. The van der Waals surface area contributed by atoms with E-state index in [1.54, 1.807) is 0 Å². The molecule has 69 heavy (non-hydrogen) atoms. The molecule has 0 fully saturated rings. The number of nitrogens with zero attached hydrogens (tertiary/aromatic N) is 9. The van der Waals surface area contributed by atoms with Crippen LogP contribution in [-0.2, 0) is 6.42 Å². The number of benzene rings is 6. The molecule has 13 rings (SSSR count). The van der Waals surface area contributed by atoms with Gasteiger partial charge in [0.15, 0.2) is 0 Å². The highest BCUT2D eigenvalue weighted by Gasteiger charge is 2.34. The van der Waals surface area contributed by atoms with Crippen LogP contribution in [0.15, 0.2) is 182 Å². The molecule has 0 N–H and O–H groups in total. The van der Waals surface area contributed by atoms with Crippen molar-refractivity contribution in [2.75, 3.05) is 0 Å². The second-order valence-electron chi connectivity index (χ2n) is 17.2. The fraction of sp³-hybridized carbons (Fsp3) is 0.0333. The van der Waals surface area contributed by atoms with Crippen LogP contribution in [0.3, 0.4) is 0 Å². The van der Waals surface area contributed by atoms with Crippen molar-refractivity contribution in [3.8, 4) is 69.0 Å². The minimum Gasteiger partial charge on any atom is -0.309 e. The van der Waals surface area contributed by atoms with E-state index in [2.05, 4.69) is 65.3 Å². The summed E-state index contributed by atoms with van der Waals surface area (Å²) in [5.74, 6) is 0. The molecule has 0 saturated heterocycles. The number of hydrogen-bond donors (Lipinski definition) is 0. The van der Waals surface area contributed by atoms with Gasteiger partial charge in [0, 0.05) is 54.9 Å². The van der Waals surface area contributed by atoms with E-state index in [1.807, 2.05) is 155 Å². The highest BCUT2D eigenvalue weighted by atomic mass is 15.1. The number of rotatable bonds is 6. The molecular formula is C60H35N9. The smallest absolute Gasteiger partial charge is 0.104 e. The molecule has 0 aliphatic heterocycles. The summed E-state index contributed by atoms with van der Waals surface area (Å²) < 4.78 is 6.07. The molecule has 320 valence electrons. The Labute approximate surface area is 395 Å². The van der Waals surface area contributed by atoms with Gasteiger partial charge < -0.3 is 13.7 Å². The van der Waals surface area contributed by atoms with E-state index >= 15 is 0 Å². The Kier molecular flexibility index (Phi) is 8.95. The molecule has 6 aromatic heterocycles. The summed E-state index contributed by atoms with van der Waals surface area (Å²) in [4.78, 5) is 15.1. The maximum atomic E-state index is 11.9. The zero-order chi connectivity index (χ0) is 46.2. The number of aromatic nitrogens is 6. The summed E-state index contributed by atoms with van der Waals surface area (Å²) in [5.41, 5.74) is 12.5. The average Bonchev–Trinajstić information content (AvgIpc) is 4.05. The lowest BCUT2D eigenvalue weighted by atomic mass is 9.96. The lowest BCUT2D eigenvalue weighted by Crippen LogP contribution is -2.16. The molecule has 12 aromatic rings. The first-order chi connectivity index (χ1) is 34.1. The van der Waals surface area contributed by atoms with Gasteiger partial charge in [-0.1, -0.05) is 140 Å². The SMILES string of the molecule is N#Cc1c(-n2c3c(c4cc(-c5ccccc5)ncc42)C=CCC3)c(C#N)c(-n2c3ccccc3c3cc(-c4ccccc4)ncc32)c(C#N)c1-n1c2ccccc2c2cc(-c3ccccc3)ncc21. The minimum atomic E-state index is 0.158. The normalized spacial score (nSPS) is 12.1. The van der Waals surface area contributed by atoms with Crippen LogP contribution in [0.5, 0.6) is 0 Å². The van der Waals surface area contributed by atoms with Crippen LogP contribution in [0.25, 0.3) is 111 Å². The van der Waals surface area contributed by atoms with Gasteiger partial charge in [0.1, 0.15) is 34.9 Å². The number of para-hydroxylation sites is 2. The first kappa shape index (κ1) is 39.5.